The summed E-state index contributed by atoms with van der Waals surface area (Å²) < 4.78 is 5.22. The summed E-state index contributed by atoms with van der Waals surface area (Å²) in [5, 5.41) is 15.1. The number of carboxylic acid groups (broad SMARTS) is 1. The molecule has 3 rings (SSSR count). The van der Waals surface area contributed by atoms with Crippen molar-refractivity contribution in [1.29, 1.82) is 0 Å². The topological polar surface area (TPSA) is 96.5 Å². The van der Waals surface area contributed by atoms with E-state index in [0.29, 0.717) is 50.5 Å². The SMILES string of the molecule is CC1CC(C(=O)O)CN(C(=O)CCCc2nc(-c3cccs3)no2)C1. The van der Waals surface area contributed by atoms with Crippen molar-refractivity contribution in [1.82, 2.24) is 15.0 Å². The maximum absolute atomic E-state index is 12.4. The van der Waals surface area contributed by atoms with Crippen LogP contribution in [-0.4, -0.2) is 45.1 Å². The van der Waals surface area contributed by atoms with Gasteiger partial charge in [-0.05, 0) is 30.2 Å². The van der Waals surface area contributed by atoms with Gasteiger partial charge in [-0.2, -0.15) is 4.98 Å². The van der Waals surface area contributed by atoms with Crippen LogP contribution >= 0.6 is 11.3 Å². The second-order valence-electron chi connectivity index (χ2n) is 6.52. The third-order valence-corrected chi connectivity index (χ3v) is 5.22. The minimum atomic E-state index is -0.823. The Hall–Kier alpha value is -2.22. The molecule has 1 saturated heterocycles. The minimum Gasteiger partial charge on any atom is -0.481 e. The molecule has 0 saturated carbocycles. The van der Waals surface area contributed by atoms with Crippen molar-refractivity contribution in [3.63, 3.8) is 0 Å². The van der Waals surface area contributed by atoms with E-state index in [1.807, 2.05) is 24.4 Å². The number of carbonyl (C=O) groups is 2. The number of likely N-dealkylation sites (tertiary alicyclic amines) is 1. The number of aromatic nitrogens is 2. The monoisotopic (exact) mass is 363 g/mol. The van der Waals surface area contributed by atoms with Crippen LogP contribution in [0.15, 0.2) is 22.0 Å². The molecule has 2 unspecified atom stereocenters. The quantitative estimate of drug-likeness (QED) is 0.847. The third-order valence-electron chi connectivity index (χ3n) is 4.35. The lowest BCUT2D eigenvalue weighted by atomic mass is 9.90. The number of carboxylic acids is 1. The number of carbonyl (C=O) groups excluding carboxylic acids is 1. The van der Waals surface area contributed by atoms with Crippen LogP contribution in [0.1, 0.15) is 32.1 Å². The van der Waals surface area contributed by atoms with Crippen LogP contribution in [0.3, 0.4) is 0 Å². The maximum Gasteiger partial charge on any atom is 0.308 e. The van der Waals surface area contributed by atoms with Gasteiger partial charge in [0.05, 0.1) is 10.8 Å². The van der Waals surface area contributed by atoms with E-state index in [-0.39, 0.29) is 11.8 Å². The van der Waals surface area contributed by atoms with Crippen LogP contribution in [-0.2, 0) is 16.0 Å². The number of aliphatic carboxylic acids is 1. The molecule has 2 aromatic rings. The second kappa shape index (κ2) is 7.77. The summed E-state index contributed by atoms with van der Waals surface area (Å²) in [6, 6.07) is 3.86. The molecule has 0 aromatic carbocycles. The van der Waals surface area contributed by atoms with Gasteiger partial charge in [0.25, 0.3) is 0 Å². The van der Waals surface area contributed by atoms with Crippen molar-refractivity contribution in [3.05, 3.63) is 23.4 Å². The fourth-order valence-corrected chi connectivity index (χ4v) is 3.79. The molecule has 25 heavy (non-hydrogen) atoms. The Kier molecular flexibility index (Phi) is 5.47. The highest BCUT2D eigenvalue weighted by Crippen LogP contribution is 2.23. The van der Waals surface area contributed by atoms with Gasteiger partial charge in [-0.25, -0.2) is 0 Å². The standard InChI is InChI=1S/C17H21N3O4S/c1-11-8-12(17(22)23)10-20(9-11)15(21)6-2-5-14-18-16(19-24-14)13-4-3-7-25-13/h3-4,7,11-12H,2,5-6,8-10H2,1H3,(H,22,23). The van der Waals surface area contributed by atoms with Gasteiger partial charge in [0.2, 0.25) is 17.6 Å². The van der Waals surface area contributed by atoms with Crippen LogP contribution in [0.4, 0.5) is 0 Å². The summed E-state index contributed by atoms with van der Waals surface area (Å²) in [4.78, 5) is 30.5. The summed E-state index contributed by atoms with van der Waals surface area (Å²) in [6.07, 6.45) is 2.13. The average molecular weight is 363 g/mol. The lowest BCUT2D eigenvalue weighted by Crippen LogP contribution is -2.45. The van der Waals surface area contributed by atoms with Gasteiger partial charge >= 0.3 is 5.97 Å². The van der Waals surface area contributed by atoms with Gasteiger partial charge < -0.3 is 14.5 Å². The second-order valence-corrected chi connectivity index (χ2v) is 7.47. The predicted molar refractivity (Wildman–Crippen MR) is 92.0 cm³/mol. The zero-order valence-electron chi connectivity index (χ0n) is 14.1. The van der Waals surface area contributed by atoms with E-state index in [2.05, 4.69) is 10.1 Å². The van der Waals surface area contributed by atoms with Gasteiger partial charge in [-0.1, -0.05) is 18.1 Å². The number of thiophene rings is 1. The van der Waals surface area contributed by atoms with Crippen molar-refractivity contribution in [3.8, 4) is 10.7 Å². The number of nitrogens with zero attached hydrogens (tertiary/aromatic N) is 3. The minimum absolute atomic E-state index is 0.00389. The van der Waals surface area contributed by atoms with Crippen LogP contribution in [0, 0.1) is 11.8 Å². The van der Waals surface area contributed by atoms with Crippen LogP contribution in [0.25, 0.3) is 10.7 Å². The molecule has 1 fully saturated rings. The molecule has 0 radical (unpaired) electrons. The van der Waals surface area contributed by atoms with Crippen molar-refractivity contribution >= 4 is 23.2 Å². The van der Waals surface area contributed by atoms with Crippen LogP contribution in [0.2, 0.25) is 0 Å². The first kappa shape index (κ1) is 17.6. The number of rotatable bonds is 6. The first-order chi connectivity index (χ1) is 12.0. The van der Waals surface area contributed by atoms with E-state index in [0.717, 1.165) is 4.88 Å². The molecule has 8 heteroatoms. The van der Waals surface area contributed by atoms with E-state index >= 15 is 0 Å². The molecule has 1 N–H and O–H groups in total. The maximum atomic E-state index is 12.4. The van der Waals surface area contributed by atoms with E-state index < -0.39 is 11.9 Å². The number of hydrogen-bond acceptors (Lipinski definition) is 6. The highest BCUT2D eigenvalue weighted by molar-refractivity contribution is 7.13. The molecule has 1 aliphatic rings. The molecule has 0 bridgehead atoms. The molecule has 2 atom stereocenters. The average Bonchev–Trinajstić information content (AvgIpc) is 3.25. The van der Waals surface area contributed by atoms with E-state index in [1.165, 1.54) is 0 Å². The molecule has 134 valence electrons. The lowest BCUT2D eigenvalue weighted by molar-refractivity contribution is -0.146. The predicted octanol–water partition coefficient (Wildman–Crippen LogP) is 2.69. The molecule has 1 amide bonds. The van der Waals surface area contributed by atoms with Gasteiger partial charge in [0, 0.05) is 25.9 Å². The molecular formula is C17H21N3O4S. The third kappa shape index (κ3) is 4.45. The van der Waals surface area contributed by atoms with Crippen molar-refractivity contribution in [2.75, 3.05) is 13.1 Å². The molecule has 0 aliphatic carbocycles. The van der Waals surface area contributed by atoms with Crippen molar-refractivity contribution in [2.24, 2.45) is 11.8 Å². The van der Waals surface area contributed by atoms with Gasteiger partial charge in [-0.3, -0.25) is 9.59 Å². The zero-order chi connectivity index (χ0) is 17.8. The largest absolute Gasteiger partial charge is 0.481 e. The molecule has 7 nitrogen and oxygen atoms in total. The molecule has 0 spiro atoms. The summed E-state index contributed by atoms with van der Waals surface area (Å²) in [7, 11) is 0. The number of piperidine rings is 1. The summed E-state index contributed by atoms with van der Waals surface area (Å²) in [6.45, 7) is 2.92. The zero-order valence-corrected chi connectivity index (χ0v) is 14.9. The van der Waals surface area contributed by atoms with Gasteiger partial charge in [0.15, 0.2) is 0 Å². The first-order valence-corrected chi connectivity index (χ1v) is 9.28. The summed E-state index contributed by atoms with van der Waals surface area (Å²) in [5.74, 6) is 0.0179. The Morgan fingerprint density at radius 2 is 2.28 bits per heavy atom. The fourth-order valence-electron chi connectivity index (χ4n) is 3.15. The summed E-state index contributed by atoms with van der Waals surface area (Å²) >= 11 is 1.55. The van der Waals surface area contributed by atoms with E-state index in [4.69, 9.17) is 4.52 Å². The molecule has 2 aromatic heterocycles. The highest BCUT2D eigenvalue weighted by Gasteiger charge is 2.31. The Morgan fingerprint density at radius 1 is 1.44 bits per heavy atom. The van der Waals surface area contributed by atoms with Crippen molar-refractivity contribution < 1.29 is 19.2 Å². The highest BCUT2D eigenvalue weighted by atomic mass is 32.1. The fraction of sp³-hybridized carbons (Fsp3) is 0.529. The number of amides is 1. The Balaban J connectivity index is 1.48. The smallest absolute Gasteiger partial charge is 0.308 e. The normalized spacial score (nSPS) is 20.6. The Labute approximate surface area is 149 Å². The first-order valence-electron chi connectivity index (χ1n) is 8.40. The lowest BCUT2D eigenvalue weighted by Gasteiger charge is -2.34. The van der Waals surface area contributed by atoms with E-state index in [1.54, 1.807) is 16.2 Å². The molecule has 3 heterocycles. The van der Waals surface area contributed by atoms with E-state index in [9.17, 15) is 14.7 Å². The molecule has 1 aliphatic heterocycles. The Morgan fingerprint density at radius 3 is 3.00 bits per heavy atom. The van der Waals surface area contributed by atoms with Crippen LogP contribution in [0.5, 0.6) is 0 Å². The van der Waals surface area contributed by atoms with Gasteiger partial charge in [0.1, 0.15) is 0 Å². The number of hydrogen-bond donors (Lipinski definition) is 1. The van der Waals surface area contributed by atoms with Gasteiger partial charge in [-0.15, -0.1) is 11.3 Å². The number of aryl methyl sites for hydroxylation is 1. The Bertz CT molecular complexity index is 728. The molecular weight excluding hydrogens is 342 g/mol. The summed E-state index contributed by atoms with van der Waals surface area (Å²) in [5.41, 5.74) is 0. The van der Waals surface area contributed by atoms with Crippen LogP contribution < -0.4 is 0 Å². The van der Waals surface area contributed by atoms with Crippen molar-refractivity contribution in [2.45, 2.75) is 32.6 Å².